The lowest BCUT2D eigenvalue weighted by Gasteiger charge is -2.21. The summed E-state index contributed by atoms with van der Waals surface area (Å²) in [5.74, 6) is -0.668. The molecular weight excluding hydrogens is 304 g/mol. The van der Waals surface area contributed by atoms with Crippen molar-refractivity contribution < 1.29 is 19.4 Å². The minimum Gasteiger partial charge on any atom is -0.488 e. The molecule has 1 aliphatic heterocycles. The Balaban J connectivity index is 1.97. The molecule has 0 bridgehead atoms. The zero-order valence-electron chi connectivity index (χ0n) is 12.3. The Bertz CT molecular complexity index is 697. The standard InChI is InChI=1S/C15H16N2O4S/c1-9-6-16-15(22-9)17(2)12-5-3-4-11(14(18)19)13(12)21-8-10-7-20-10/h3-6,10H,7-8H2,1-2H3,(H,18,19). The van der Waals surface area contributed by atoms with E-state index < -0.39 is 5.97 Å². The van der Waals surface area contributed by atoms with Gasteiger partial charge in [-0.15, -0.1) is 11.3 Å². The first-order valence-corrected chi connectivity index (χ1v) is 7.65. The molecule has 2 heterocycles. The van der Waals surface area contributed by atoms with Crippen molar-refractivity contribution in [2.75, 3.05) is 25.2 Å². The molecular formula is C15H16N2O4S. The van der Waals surface area contributed by atoms with Crippen LogP contribution >= 0.6 is 11.3 Å². The molecule has 1 fully saturated rings. The normalized spacial score (nSPS) is 16.4. The van der Waals surface area contributed by atoms with Gasteiger partial charge < -0.3 is 19.5 Å². The van der Waals surface area contributed by atoms with Crippen molar-refractivity contribution >= 4 is 28.1 Å². The molecule has 1 N–H and O–H groups in total. The third-order valence-electron chi connectivity index (χ3n) is 3.30. The zero-order valence-corrected chi connectivity index (χ0v) is 13.1. The predicted octanol–water partition coefficient (Wildman–Crippen LogP) is 2.70. The fourth-order valence-electron chi connectivity index (χ4n) is 2.05. The molecule has 1 aromatic heterocycles. The number of hydrogen-bond acceptors (Lipinski definition) is 6. The Morgan fingerprint density at radius 1 is 1.59 bits per heavy atom. The molecule has 0 radical (unpaired) electrons. The maximum absolute atomic E-state index is 11.5. The summed E-state index contributed by atoms with van der Waals surface area (Å²) in [5, 5.41) is 10.2. The molecule has 116 valence electrons. The Morgan fingerprint density at radius 2 is 2.36 bits per heavy atom. The van der Waals surface area contributed by atoms with Gasteiger partial charge in [0.15, 0.2) is 10.9 Å². The molecule has 3 rings (SSSR count). The van der Waals surface area contributed by atoms with Crippen LogP contribution in [0.5, 0.6) is 5.75 Å². The average molecular weight is 320 g/mol. The van der Waals surface area contributed by atoms with E-state index in [9.17, 15) is 9.90 Å². The lowest BCUT2D eigenvalue weighted by molar-refractivity contribution is 0.0692. The number of aromatic nitrogens is 1. The van der Waals surface area contributed by atoms with Gasteiger partial charge in [0.1, 0.15) is 18.3 Å². The second-order valence-corrected chi connectivity index (χ2v) is 6.25. The fourth-order valence-corrected chi connectivity index (χ4v) is 2.78. The predicted molar refractivity (Wildman–Crippen MR) is 83.6 cm³/mol. The molecule has 6 nitrogen and oxygen atoms in total. The number of nitrogens with zero attached hydrogens (tertiary/aromatic N) is 2. The number of anilines is 2. The quantitative estimate of drug-likeness (QED) is 0.825. The van der Waals surface area contributed by atoms with E-state index in [1.165, 1.54) is 17.4 Å². The van der Waals surface area contributed by atoms with Gasteiger partial charge in [-0.2, -0.15) is 0 Å². The van der Waals surface area contributed by atoms with E-state index in [2.05, 4.69) is 4.98 Å². The van der Waals surface area contributed by atoms with E-state index in [1.807, 2.05) is 24.9 Å². The molecule has 0 aliphatic carbocycles. The van der Waals surface area contributed by atoms with Gasteiger partial charge >= 0.3 is 5.97 Å². The number of epoxide rings is 1. The average Bonchev–Trinajstić information content (AvgIpc) is 3.23. The monoisotopic (exact) mass is 320 g/mol. The molecule has 22 heavy (non-hydrogen) atoms. The van der Waals surface area contributed by atoms with Crippen LogP contribution in [0.4, 0.5) is 10.8 Å². The van der Waals surface area contributed by atoms with Crippen LogP contribution in [0.25, 0.3) is 0 Å². The zero-order chi connectivity index (χ0) is 15.7. The Labute approximate surface area is 131 Å². The van der Waals surface area contributed by atoms with Crippen molar-refractivity contribution in [3.63, 3.8) is 0 Å². The second kappa shape index (κ2) is 5.94. The number of carboxylic acid groups (broad SMARTS) is 1. The van der Waals surface area contributed by atoms with E-state index in [-0.39, 0.29) is 11.7 Å². The van der Waals surface area contributed by atoms with Crippen LogP contribution in [0, 0.1) is 6.92 Å². The highest BCUT2D eigenvalue weighted by Crippen LogP contribution is 2.37. The van der Waals surface area contributed by atoms with E-state index in [1.54, 1.807) is 12.3 Å². The highest BCUT2D eigenvalue weighted by molar-refractivity contribution is 7.15. The van der Waals surface area contributed by atoms with E-state index in [0.29, 0.717) is 24.7 Å². The van der Waals surface area contributed by atoms with Crippen molar-refractivity contribution in [3.05, 3.63) is 34.8 Å². The smallest absolute Gasteiger partial charge is 0.339 e. The third-order valence-corrected chi connectivity index (χ3v) is 4.29. The number of thiazole rings is 1. The Kier molecular flexibility index (Phi) is 4.00. The minimum absolute atomic E-state index is 0.0575. The van der Waals surface area contributed by atoms with Crippen LogP contribution in [0.3, 0.4) is 0 Å². The second-order valence-electron chi connectivity index (χ2n) is 5.04. The number of carboxylic acids is 1. The first kappa shape index (κ1) is 14.8. The Hall–Kier alpha value is -2.12. The van der Waals surface area contributed by atoms with Crippen LogP contribution < -0.4 is 9.64 Å². The number of ether oxygens (including phenoxy) is 2. The molecule has 1 atom stereocenters. The number of rotatable bonds is 6. The molecule has 0 saturated carbocycles. The maximum Gasteiger partial charge on any atom is 0.339 e. The van der Waals surface area contributed by atoms with Gasteiger partial charge in [0.25, 0.3) is 0 Å². The van der Waals surface area contributed by atoms with Crippen LogP contribution in [-0.2, 0) is 4.74 Å². The summed E-state index contributed by atoms with van der Waals surface area (Å²) in [4.78, 5) is 18.7. The number of aryl methyl sites for hydroxylation is 1. The third kappa shape index (κ3) is 3.05. The van der Waals surface area contributed by atoms with Gasteiger partial charge in [-0.25, -0.2) is 9.78 Å². The topological polar surface area (TPSA) is 75.2 Å². The fraction of sp³-hybridized carbons (Fsp3) is 0.333. The molecule has 2 aromatic rings. The number of para-hydroxylation sites is 1. The molecule has 1 saturated heterocycles. The first-order valence-electron chi connectivity index (χ1n) is 6.83. The van der Waals surface area contributed by atoms with Gasteiger partial charge in [-0.05, 0) is 19.1 Å². The molecule has 7 heteroatoms. The van der Waals surface area contributed by atoms with Crippen LogP contribution in [0.15, 0.2) is 24.4 Å². The Morgan fingerprint density at radius 3 is 2.95 bits per heavy atom. The molecule has 0 spiro atoms. The number of aromatic carboxylic acids is 1. The van der Waals surface area contributed by atoms with Gasteiger partial charge in [-0.3, -0.25) is 0 Å². The number of carbonyl (C=O) groups is 1. The minimum atomic E-state index is -1.02. The van der Waals surface area contributed by atoms with E-state index >= 15 is 0 Å². The lowest BCUT2D eigenvalue weighted by Crippen LogP contribution is -2.15. The molecule has 1 unspecified atom stereocenters. The van der Waals surface area contributed by atoms with Crippen molar-refractivity contribution in [1.29, 1.82) is 0 Å². The summed E-state index contributed by atoms with van der Waals surface area (Å²) in [6.07, 6.45) is 1.85. The highest BCUT2D eigenvalue weighted by Gasteiger charge is 2.26. The molecule has 1 aliphatic rings. The van der Waals surface area contributed by atoms with Crippen molar-refractivity contribution in [3.8, 4) is 5.75 Å². The summed E-state index contributed by atoms with van der Waals surface area (Å²) in [5.41, 5.74) is 0.813. The summed E-state index contributed by atoms with van der Waals surface area (Å²) in [7, 11) is 1.85. The maximum atomic E-state index is 11.5. The van der Waals surface area contributed by atoms with Crippen LogP contribution in [0.2, 0.25) is 0 Å². The van der Waals surface area contributed by atoms with E-state index in [4.69, 9.17) is 9.47 Å². The summed E-state index contributed by atoms with van der Waals surface area (Å²) >= 11 is 1.54. The van der Waals surface area contributed by atoms with Crippen molar-refractivity contribution in [1.82, 2.24) is 4.98 Å². The van der Waals surface area contributed by atoms with Gasteiger partial charge in [0.2, 0.25) is 0 Å². The van der Waals surface area contributed by atoms with Crippen LogP contribution in [0.1, 0.15) is 15.2 Å². The molecule has 0 amide bonds. The summed E-state index contributed by atoms with van der Waals surface area (Å²) < 4.78 is 10.9. The van der Waals surface area contributed by atoms with E-state index in [0.717, 1.165) is 10.0 Å². The van der Waals surface area contributed by atoms with Crippen molar-refractivity contribution in [2.45, 2.75) is 13.0 Å². The molecule has 1 aromatic carbocycles. The lowest BCUT2D eigenvalue weighted by atomic mass is 10.1. The highest BCUT2D eigenvalue weighted by atomic mass is 32.1. The van der Waals surface area contributed by atoms with Crippen LogP contribution in [-0.4, -0.2) is 42.4 Å². The van der Waals surface area contributed by atoms with Gasteiger partial charge in [0.05, 0.1) is 12.3 Å². The van der Waals surface area contributed by atoms with Crippen molar-refractivity contribution in [2.24, 2.45) is 0 Å². The van der Waals surface area contributed by atoms with Gasteiger partial charge in [-0.1, -0.05) is 6.07 Å². The first-order chi connectivity index (χ1) is 10.6. The SMILES string of the molecule is Cc1cnc(N(C)c2cccc(C(=O)O)c2OCC2CO2)s1. The summed E-state index contributed by atoms with van der Waals surface area (Å²) in [6, 6.07) is 5.07. The van der Waals surface area contributed by atoms with Gasteiger partial charge in [0, 0.05) is 18.1 Å². The number of hydrogen-bond donors (Lipinski definition) is 1. The largest absolute Gasteiger partial charge is 0.488 e. The number of benzene rings is 1. The summed E-state index contributed by atoms with van der Waals surface area (Å²) in [6.45, 7) is 2.98.